The van der Waals surface area contributed by atoms with Gasteiger partial charge in [0.2, 0.25) is 5.91 Å². The topological polar surface area (TPSA) is 68.0 Å². The number of anilines is 1. The molecule has 0 aliphatic heterocycles. The summed E-state index contributed by atoms with van der Waals surface area (Å²) in [7, 11) is 0. The lowest BCUT2D eigenvalue weighted by molar-refractivity contribution is -0.120. The zero-order valence-electron chi connectivity index (χ0n) is 12.5. The third-order valence-electron chi connectivity index (χ3n) is 4.24. The molecule has 1 aliphatic carbocycles. The highest BCUT2D eigenvalue weighted by Gasteiger charge is 2.26. The van der Waals surface area contributed by atoms with Gasteiger partial charge in [-0.05, 0) is 49.1 Å². The molecule has 4 heteroatoms. The van der Waals surface area contributed by atoms with Crippen LogP contribution >= 0.6 is 0 Å². The van der Waals surface area contributed by atoms with E-state index in [0.29, 0.717) is 23.4 Å². The fourth-order valence-corrected chi connectivity index (χ4v) is 2.69. The van der Waals surface area contributed by atoms with Gasteiger partial charge >= 0.3 is 0 Å². The molecule has 0 saturated heterocycles. The number of nitrogens with one attached hydrogen (secondary N) is 1. The third-order valence-corrected chi connectivity index (χ3v) is 4.24. The molecule has 0 aromatic carbocycles. The number of nitrogens with two attached hydrogens (primary N) is 1. The molecule has 0 bridgehead atoms. The number of nitrogens with zero attached hydrogens (tertiary/aromatic N) is 1. The Balaban J connectivity index is 1.72. The summed E-state index contributed by atoms with van der Waals surface area (Å²) >= 11 is 0. The van der Waals surface area contributed by atoms with E-state index < -0.39 is 0 Å². The van der Waals surface area contributed by atoms with Crippen LogP contribution in [0.2, 0.25) is 0 Å². The lowest BCUT2D eigenvalue weighted by Crippen LogP contribution is -2.33. The van der Waals surface area contributed by atoms with E-state index >= 15 is 0 Å². The van der Waals surface area contributed by atoms with Crippen LogP contribution in [0.3, 0.4) is 0 Å². The minimum Gasteiger partial charge on any atom is -0.397 e. The van der Waals surface area contributed by atoms with Crippen molar-refractivity contribution in [1.82, 2.24) is 10.3 Å². The van der Waals surface area contributed by atoms with E-state index in [1.165, 1.54) is 25.7 Å². The summed E-state index contributed by atoms with van der Waals surface area (Å²) in [6.07, 6.45) is 6.87. The van der Waals surface area contributed by atoms with Crippen molar-refractivity contribution in [3.63, 3.8) is 0 Å². The Hall–Kier alpha value is -1.58. The Morgan fingerprint density at radius 2 is 2.10 bits per heavy atom. The summed E-state index contributed by atoms with van der Waals surface area (Å²) in [4.78, 5) is 16.0. The molecule has 0 atom stereocenters. The maximum Gasteiger partial charge on any atom is 0.226 e. The van der Waals surface area contributed by atoms with Gasteiger partial charge in [-0.3, -0.25) is 9.78 Å². The van der Waals surface area contributed by atoms with Crippen LogP contribution in [0.15, 0.2) is 18.3 Å². The molecular formula is C16H25N3O. The zero-order chi connectivity index (χ0) is 14.6. The Kier molecular flexibility index (Phi) is 4.63. The highest BCUT2D eigenvalue weighted by atomic mass is 16.1. The first-order valence-corrected chi connectivity index (χ1v) is 7.42. The second-order valence-electron chi connectivity index (χ2n) is 6.67. The first-order chi connectivity index (χ1) is 9.44. The van der Waals surface area contributed by atoms with Crippen LogP contribution in [0.5, 0.6) is 0 Å². The highest BCUT2D eigenvalue weighted by molar-refractivity contribution is 5.78. The Morgan fingerprint density at radius 3 is 2.70 bits per heavy atom. The number of nitrogen functional groups attached to an aromatic ring is 1. The number of amides is 1. The Bertz CT molecular complexity index is 443. The van der Waals surface area contributed by atoms with Gasteiger partial charge in [0.25, 0.3) is 0 Å². The predicted molar refractivity (Wildman–Crippen MR) is 81.1 cm³/mol. The summed E-state index contributed by atoms with van der Waals surface area (Å²) in [6.45, 7) is 5.45. The monoisotopic (exact) mass is 275 g/mol. The van der Waals surface area contributed by atoms with Crippen molar-refractivity contribution in [2.45, 2.75) is 46.0 Å². The third kappa shape index (κ3) is 4.51. The number of pyridine rings is 1. The molecule has 1 aromatic heterocycles. The fraction of sp³-hybridized carbons (Fsp3) is 0.625. The number of rotatable bonds is 4. The largest absolute Gasteiger partial charge is 0.397 e. The summed E-state index contributed by atoms with van der Waals surface area (Å²) in [5, 5.41) is 3.03. The first kappa shape index (κ1) is 14.8. The van der Waals surface area contributed by atoms with Crippen LogP contribution in [0.4, 0.5) is 5.69 Å². The maximum atomic E-state index is 11.9. The Morgan fingerprint density at radius 1 is 1.40 bits per heavy atom. The standard InChI is InChI=1S/C16H25N3O/c1-16(2)7-5-12(6-8-16)10-19-15(20)9-14-4-3-13(17)11-18-14/h3-4,11-12H,5-10,17H2,1-2H3,(H,19,20). The summed E-state index contributed by atoms with van der Waals surface area (Å²) in [6, 6.07) is 3.58. The second-order valence-corrected chi connectivity index (χ2v) is 6.67. The molecule has 0 unspecified atom stereocenters. The average molecular weight is 275 g/mol. The van der Waals surface area contributed by atoms with E-state index in [4.69, 9.17) is 5.73 Å². The van der Waals surface area contributed by atoms with Crippen molar-refractivity contribution < 1.29 is 4.79 Å². The summed E-state index contributed by atoms with van der Waals surface area (Å²) < 4.78 is 0. The molecule has 1 saturated carbocycles. The SMILES string of the molecule is CC1(C)CCC(CNC(=O)Cc2ccc(N)cn2)CC1. The second kappa shape index (κ2) is 6.25. The normalized spacial score (nSPS) is 18.7. The van der Waals surface area contributed by atoms with E-state index in [9.17, 15) is 4.79 Å². The minimum absolute atomic E-state index is 0.0482. The zero-order valence-corrected chi connectivity index (χ0v) is 12.5. The van der Waals surface area contributed by atoms with Crippen LogP contribution in [0.1, 0.15) is 45.2 Å². The van der Waals surface area contributed by atoms with Crippen molar-refractivity contribution in [1.29, 1.82) is 0 Å². The first-order valence-electron chi connectivity index (χ1n) is 7.42. The molecule has 1 aliphatic rings. The molecule has 1 aromatic rings. The van der Waals surface area contributed by atoms with Crippen LogP contribution in [-0.2, 0) is 11.2 Å². The maximum absolute atomic E-state index is 11.9. The lowest BCUT2D eigenvalue weighted by Gasteiger charge is -2.34. The van der Waals surface area contributed by atoms with E-state index in [2.05, 4.69) is 24.1 Å². The molecule has 1 heterocycles. The number of hydrogen-bond acceptors (Lipinski definition) is 3. The molecular weight excluding hydrogens is 250 g/mol. The number of carbonyl (C=O) groups excluding carboxylic acids is 1. The number of carbonyl (C=O) groups is 1. The molecule has 1 fully saturated rings. The quantitative estimate of drug-likeness (QED) is 0.887. The summed E-state index contributed by atoms with van der Waals surface area (Å²) in [5.41, 5.74) is 7.44. The molecule has 3 N–H and O–H groups in total. The number of hydrogen-bond donors (Lipinski definition) is 2. The van der Waals surface area contributed by atoms with Crippen LogP contribution in [0, 0.1) is 11.3 Å². The van der Waals surface area contributed by atoms with E-state index in [-0.39, 0.29) is 5.91 Å². The molecule has 4 nitrogen and oxygen atoms in total. The molecule has 0 spiro atoms. The smallest absolute Gasteiger partial charge is 0.226 e. The average Bonchev–Trinajstić information content (AvgIpc) is 2.40. The van der Waals surface area contributed by atoms with Crippen molar-refractivity contribution in [2.24, 2.45) is 11.3 Å². The van der Waals surface area contributed by atoms with Gasteiger partial charge in [-0.25, -0.2) is 0 Å². The van der Waals surface area contributed by atoms with Gasteiger partial charge in [0.1, 0.15) is 0 Å². The molecule has 1 amide bonds. The fourth-order valence-electron chi connectivity index (χ4n) is 2.69. The van der Waals surface area contributed by atoms with Crippen LogP contribution in [-0.4, -0.2) is 17.4 Å². The van der Waals surface area contributed by atoms with Gasteiger partial charge in [-0.2, -0.15) is 0 Å². The van der Waals surface area contributed by atoms with Crippen LogP contribution < -0.4 is 11.1 Å². The van der Waals surface area contributed by atoms with Gasteiger partial charge < -0.3 is 11.1 Å². The summed E-state index contributed by atoms with van der Waals surface area (Å²) in [5.74, 6) is 0.679. The van der Waals surface area contributed by atoms with Crippen molar-refractivity contribution in [3.05, 3.63) is 24.0 Å². The molecule has 20 heavy (non-hydrogen) atoms. The highest BCUT2D eigenvalue weighted by Crippen LogP contribution is 2.37. The molecule has 110 valence electrons. The van der Waals surface area contributed by atoms with E-state index in [1.54, 1.807) is 18.3 Å². The van der Waals surface area contributed by atoms with Gasteiger partial charge in [-0.1, -0.05) is 13.8 Å². The minimum atomic E-state index is 0.0482. The van der Waals surface area contributed by atoms with Gasteiger partial charge in [0, 0.05) is 12.2 Å². The van der Waals surface area contributed by atoms with E-state index in [0.717, 1.165) is 12.2 Å². The van der Waals surface area contributed by atoms with Crippen molar-refractivity contribution in [2.75, 3.05) is 12.3 Å². The van der Waals surface area contributed by atoms with Gasteiger partial charge in [0.15, 0.2) is 0 Å². The lowest BCUT2D eigenvalue weighted by atomic mass is 9.73. The van der Waals surface area contributed by atoms with Gasteiger partial charge in [-0.15, -0.1) is 0 Å². The van der Waals surface area contributed by atoms with Gasteiger partial charge in [0.05, 0.1) is 18.3 Å². The number of aromatic nitrogens is 1. The van der Waals surface area contributed by atoms with E-state index in [1.807, 2.05) is 0 Å². The predicted octanol–water partition coefficient (Wildman–Crippen LogP) is 2.54. The van der Waals surface area contributed by atoms with Crippen LogP contribution in [0.25, 0.3) is 0 Å². The Labute approximate surface area is 121 Å². The molecule has 2 rings (SSSR count). The van der Waals surface area contributed by atoms with Crippen molar-refractivity contribution >= 4 is 11.6 Å². The van der Waals surface area contributed by atoms with Crippen molar-refractivity contribution in [3.8, 4) is 0 Å². The molecule has 0 radical (unpaired) electrons.